The summed E-state index contributed by atoms with van der Waals surface area (Å²) in [6.07, 6.45) is 7.22. The summed E-state index contributed by atoms with van der Waals surface area (Å²) in [5, 5.41) is 16.3. The lowest BCUT2D eigenvalue weighted by Gasteiger charge is -2.40. The van der Waals surface area contributed by atoms with Crippen LogP contribution in [-0.4, -0.2) is 94.4 Å². The van der Waals surface area contributed by atoms with Crippen LogP contribution in [0.1, 0.15) is 59.8 Å². The summed E-state index contributed by atoms with van der Waals surface area (Å²) >= 11 is 6.00. The molecule has 0 amide bonds. The second-order valence-corrected chi connectivity index (χ2v) is 10.3. The maximum Gasteiger partial charge on any atom is 0.314 e. The predicted octanol–water partition coefficient (Wildman–Crippen LogP) is 3.07. The van der Waals surface area contributed by atoms with Crippen LogP contribution in [0.15, 0.2) is 21.5 Å². The van der Waals surface area contributed by atoms with E-state index >= 15 is 0 Å². The number of alkyl halides is 1. The van der Waals surface area contributed by atoms with Crippen LogP contribution in [0.4, 0.5) is 0 Å². The van der Waals surface area contributed by atoms with Crippen molar-refractivity contribution >= 4 is 23.5 Å². The number of aliphatic imine (C=N–C) groups is 1. The van der Waals surface area contributed by atoms with Gasteiger partial charge in [-0.25, -0.2) is 0 Å². The van der Waals surface area contributed by atoms with Gasteiger partial charge in [0.15, 0.2) is 5.71 Å². The fraction of sp³-hybridized carbons (Fsp3) is 0.826. The first kappa shape index (κ1) is 26.8. The fourth-order valence-electron chi connectivity index (χ4n) is 4.91. The van der Waals surface area contributed by atoms with Gasteiger partial charge in [-0.1, -0.05) is 5.16 Å². The molecule has 0 radical (unpaired) electrons. The number of halogens is 1. The first-order valence-corrected chi connectivity index (χ1v) is 13.0. The van der Waals surface area contributed by atoms with Crippen molar-refractivity contribution < 1.29 is 9.86 Å². The number of piperazine rings is 1. The Labute approximate surface area is 208 Å². The number of hydrogen-bond donors (Lipinski definition) is 1. The van der Waals surface area contributed by atoms with Crippen LogP contribution in [0, 0.1) is 10.1 Å². The Balaban J connectivity index is 1.61. The summed E-state index contributed by atoms with van der Waals surface area (Å²) in [7, 11) is 0. The third-order valence-electron chi connectivity index (χ3n) is 7.17. The van der Waals surface area contributed by atoms with E-state index in [1.165, 1.54) is 6.42 Å². The van der Waals surface area contributed by atoms with Gasteiger partial charge in [-0.3, -0.25) is 29.8 Å². The molecule has 3 rings (SSSR count). The smallest absolute Gasteiger partial charge is 0.314 e. The molecule has 0 aromatic carbocycles. The molecule has 192 valence electrons. The number of hydrogen-bond acceptors (Lipinski definition) is 9. The van der Waals surface area contributed by atoms with Crippen LogP contribution >= 0.6 is 11.6 Å². The summed E-state index contributed by atoms with van der Waals surface area (Å²) < 4.78 is 0. The minimum atomic E-state index is -0.361. The van der Waals surface area contributed by atoms with Crippen molar-refractivity contribution in [1.82, 2.24) is 20.2 Å². The molecule has 0 aromatic rings. The lowest BCUT2D eigenvalue weighted by molar-refractivity contribution is -0.417. The monoisotopic (exact) mass is 497 g/mol. The first-order chi connectivity index (χ1) is 16.3. The maximum absolute atomic E-state index is 12.1. The summed E-state index contributed by atoms with van der Waals surface area (Å²) in [6.45, 7) is 13.2. The molecule has 0 aliphatic carbocycles. The van der Waals surface area contributed by atoms with E-state index in [9.17, 15) is 10.1 Å². The molecule has 2 fully saturated rings. The first-order valence-electron chi connectivity index (χ1n) is 12.5. The molecule has 3 aliphatic heterocycles. The molecule has 4 atom stereocenters. The quantitative estimate of drug-likeness (QED) is 0.214. The van der Waals surface area contributed by atoms with Crippen LogP contribution in [0.2, 0.25) is 0 Å². The van der Waals surface area contributed by atoms with Gasteiger partial charge < -0.3 is 4.90 Å². The number of nitro groups is 1. The molecule has 34 heavy (non-hydrogen) atoms. The Bertz CT molecular complexity index is 775. The van der Waals surface area contributed by atoms with E-state index in [4.69, 9.17) is 16.5 Å². The van der Waals surface area contributed by atoms with Crippen LogP contribution in [0.3, 0.4) is 0 Å². The van der Waals surface area contributed by atoms with Crippen molar-refractivity contribution in [1.29, 1.82) is 0 Å². The Morgan fingerprint density at radius 2 is 1.85 bits per heavy atom. The number of rotatable bonds is 10. The second-order valence-electron chi connectivity index (χ2n) is 9.54. The number of nitrogens with one attached hydrogen (secondary N) is 1. The zero-order valence-electron chi connectivity index (χ0n) is 21.0. The SMILES string of the molecule is C/C(=C(\C1=NONC1C(C)N1CCN(C(C)/N=C\CCC(C)Cl)CC1)[N+](=O)[O-])N1CCCCC1. The van der Waals surface area contributed by atoms with E-state index in [-0.39, 0.29) is 34.2 Å². The van der Waals surface area contributed by atoms with Crippen LogP contribution < -0.4 is 5.48 Å². The van der Waals surface area contributed by atoms with Gasteiger partial charge in [-0.2, -0.15) is 0 Å². The third kappa shape index (κ3) is 6.90. The molecule has 4 unspecified atom stereocenters. The summed E-state index contributed by atoms with van der Waals surface area (Å²) in [4.78, 5) is 28.5. The number of oxime groups is 1. The maximum atomic E-state index is 12.1. The standard InChI is InChI=1S/C23H40ClN7O3/c1-17(24)9-8-10-25-20(4)30-15-13-29(14-16-30)18(2)21-22(27-34-26-21)23(31(32)33)19(3)28-11-6-5-7-12-28/h10,17-18,20-21,26H,5-9,11-16H2,1-4H3/b23-19-,25-10-. The van der Waals surface area contributed by atoms with Crippen molar-refractivity contribution in [2.75, 3.05) is 39.3 Å². The van der Waals surface area contributed by atoms with E-state index in [1.807, 2.05) is 20.1 Å². The number of piperidine rings is 1. The highest BCUT2D eigenvalue weighted by Gasteiger charge is 2.42. The largest absolute Gasteiger partial charge is 0.369 e. The van der Waals surface area contributed by atoms with E-state index in [0.29, 0.717) is 11.4 Å². The molecule has 0 spiro atoms. The normalized spacial score (nSPS) is 26.1. The fourth-order valence-corrected chi connectivity index (χ4v) is 5.03. The molecule has 0 aromatic heterocycles. The van der Waals surface area contributed by atoms with Gasteiger partial charge in [-0.05, 0) is 59.8 Å². The molecule has 1 N–H and O–H groups in total. The van der Waals surface area contributed by atoms with Gasteiger partial charge >= 0.3 is 5.70 Å². The van der Waals surface area contributed by atoms with Crippen LogP contribution in [0.5, 0.6) is 0 Å². The van der Waals surface area contributed by atoms with Gasteiger partial charge in [0.2, 0.25) is 0 Å². The lowest BCUT2D eigenvalue weighted by atomic mass is 9.99. The number of hydroxylamine groups is 1. The molecule has 0 bridgehead atoms. The van der Waals surface area contributed by atoms with E-state index in [2.05, 4.69) is 44.2 Å². The van der Waals surface area contributed by atoms with E-state index in [0.717, 1.165) is 65.0 Å². The average Bonchev–Trinajstić information content (AvgIpc) is 3.30. The van der Waals surface area contributed by atoms with Gasteiger partial charge in [0.05, 0.1) is 16.8 Å². The minimum absolute atomic E-state index is 0.00322. The van der Waals surface area contributed by atoms with Crippen molar-refractivity contribution in [3.05, 3.63) is 21.5 Å². The van der Waals surface area contributed by atoms with E-state index in [1.54, 1.807) is 0 Å². The zero-order valence-corrected chi connectivity index (χ0v) is 21.7. The Hall–Kier alpha value is -1.75. The van der Waals surface area contributed by atoms with Crippen molar-refractivity contribution in [3.63, 3.8) is 0 Å². The second kappa shape index (κ2) is 12.8. The minimum Gasteiger partial charge on any atom is -0.369 e. The Morgan fingerprint density at radius 1 is 1.21 bits per heavy atom. The number of allylic oxidation sites excluding steroid dienone is 1. The number of nitrogens with zero attached hydrogens (tertiary/aromatic N) is 6. The molecule has 3 heterocycles. The molecular formula is C23H40ClN7O3. The summed E-state index contributed by atoms with van der Waals surface area (Å²) in [6, 6.07) is -0.365. The van der Waals surface area contributed by atoms with Crippen molar-refractivity contribution in [2.24, 2.45) is 10.1 Å². The lowest BCUT2D eigenvalue weighted by Crippen LogP contribution is -2.57. The number of likely N-dealkylation sites (tertiary alicyclic amines) is 1. The zero-order chi connectivity index (χ0) is 24.7. The highest BCUT2D eigenvalue weighted by atomic mass is 35.5. The summed E-state index contributed by atoms with van der Waals surface area (Å²) in [5.74, 6) is 0. The van der Waals surface area contributed by atoms with Crippen LogP contribution in [0.25, 0.3) is 0 Å². The Morgan fingerprint density at radius 3 is 2.47 bits per heavy atom. The molecule has 11 heteroatoms. The van der Waals surface area contributed by atoms with Crippen molar-refractivity contribution in [3.8, 4) is 0 Å². The molecule has 3 aliphatic rings. The van der Waals surface area contributed by atoms with Gasteiger partial charge in [-0.15, -0.1) is 17.1 Å². The summed E-state index contributed by atoms with van der Waals surface area (Å²) in [5.41, 5.74) is 4.05. The van der Waals surface area contributed by atoms with Crippen molar-refractivity contribution in [2.45, 2.75) is 83.4 Å². The molecule has 10 nitrogen and oxygen atoms in total. The molecular weight excluding hydrogens is 458 g/mol. The topological polar surface area (TPSA) is 98.8 Å². The molecule has 2 saturated heterocycles. The van der Waals surface area contributed by atoms with Gasteiger partial charge in [0.1, 0.15) is 6.04 Å². The predicted molar refractivity (Wildman–Crippen MR) is 136 cm³/mol. The average molecular weight is 498 g/mol. The highest BCUT2D eigenvalue weighted by molar-refractivity contribution is 6.20. The highest BCUT2D eigenvalue weighted by Crippen LogP contribution is 2.24. The van der Waals surface area contributed by atoms with Crippen LogP contribution in [-0.2, 0) is 4.94 Å². The van der Waals surface area contributed by atoms with E-state index < -0.39 is 0 Å². The third-order valence-corrected chi connectivity index (χ3v) is 7.39. The van der Waals surface area contributed by atoms with Gasteiger partial charge in [0.25, 0.3) is 0 Å². The Kier molecular flexibility index (Phi) is 10.1. The molecule has 0 saturated carbocycles. The van der Waals surface area contributed by atoms with Gasteiger partial charge in [0, 0.05) is 56.9 Å².